The summed E-state index contributed by atoms with van der Waals surface area (Å²) in [4.78, 5) is 12.5. The molecule has 2 heterocycles. The van der Waals surface area contributed by atoms with Gasteiger partial charge in [-0.15, -0.1) is 0 Å². The van der Waals surface area contributed by atoms with Crippen molar-refractivity contribution in [3.8, 4) is 17.1 Å². The van der Waals surface area contributed by atoms with Crippen LogP contribution in [0, 0.1) is 0 Å². The molecule has 116 valence electrons. The van der Waals surface area contributed by atoms with Crippen LogP contribution in [-0.4, -0.2) is 35.5 Å². The molecule has 0 atom stereocenters. The number of nitrogens with zero attached hydrogens (tertiary/aromatic N) is 2. The van der Waals surface area contributed by atoms with E-state index < -0.39 is 0 Å². The molecule has 1 aliphatic heterocycles. The number of fused-ring (bicyclic) bond motifs is 1. The van der Waals surface area contributed by atoms with Gasteiger partial charge in [-0.2, -0.15) is 0 Å². The van der Waals surface area contributed by atoms with Crippen molar-refractivity contribution in [2.24, 2.45) is 4.99 Å². The summed E-state index contributed by atoms with van der Waals surface area (Å²) in [5, 5.41) is 3.30. The lowest BCUT2D eigenvalue weighted by molar-refractivity contribution is 0.340. The number of aromatic amines is 1. The molecule has 3 aromatic rings. The first kappa shape index (κ1) is 13.8. The quantitative estimate of drug-likeness (QED) is 0.779. The number of hydrogen-bond acceptors (Lipinski definition) is 4. The molecule has 0 unspecified atom stereocenters. The summed E-state index contributed by atoms with van der Waals surface area (Å²) in [6.07, 6.45) is 0. The van der Waals surface area contributed by atoms with Crippen LogP contribution in [0.5, 0.6) is 5.75 Å². The zero-order chi connectivity index (χ0) is 15.6. The highest BCUT2D eigenvalue weighted by molar-refractivity contribution is 6.02. The maximum atomic E-state index is 5.48. The lowest BCUT2D eigenvalue weighted by Gasteiger charge is -2.03. The van der Waals surface area contributed by atoms with E-state index in [1.54, 1.807) is 0 Å². The standard InChI is InChI=1S/C18H18N4O/c1-2-23-14-6-3-12(4-7-14)18-21-15-8-5-13(11-16(15)22-18)17-19-9-10-20-17/h3-8,11H,2,9-10H2,1H3,(H,19,20)(H,21,22). The number of amidine groups is 1. The van der Waals surface area contributed by atoms with Crippen molar-refractivity contribution < 1.29 is 4.74 Å². The fourth-order valence-corrected chi connectivity index (χ4v) is 2.76. The van der Waals surface area contributed by atoms with E-state index in [0.29, 0.717) is 6.61 Å². The van der Waals surface area contributed by atoms with Crippen LogP contribution >= 0.6 is 0 Å². The van der Waals surface area contributed by atoms with Gasteiger partial charge in [-0.3, -0.25) is 4.99 Å². The van der Waals surface area contributed by atoms with E-state index in [2.05, 4.69) is 32.4 Å². The average molecular weight is 306 g/mol. The third-order valence-corrected chi connectivity index (χ3v) is 3.87. The van der Waals surface area contributed by atoms with Gasteiger partial charge in [0.2, 0.25) is 0 Å². The van der Waals surface area contributed by atoms with E-state index in [1.165, 1.54) is 0 Å². The summed E-state index contributed by atoms with van der Waals surface area (Å²) in [5.41, 5.74) is 4.11. The summed E-state index contributed by atoms with van der Waals surface area (Å²) < 4.78 is 5.48. The molecule has 1 aliphatic rings. The molecule has 0 fully saturated rings. The number of H-pyrrole nitrogens is 1. The first-order chi connectivity index (χ1) is 11.3. The van der Waals surface area contributed by atoms with Crippen molar-refractivity contribution in [3.63, 3.8) is 0 Å². The zero-order valence-corrected chi connectivity index (χ0v) is 13.0. The van der Waals surface area contributed by atoms with E-state index in [9.17, 15) is 0 Å². The maximum Gasteiger partial charge on any atom is 0.138 e. The fraction of sp³-hybridized carbons (Fsp3) is 0.222. The van der Waals surface area contributed by atoms with Crippen LogP contribution in [0.25, 0.3) is 22.4 Å². The highest BCUT2D eigenvalue weighted by Crippen LogP contribution is 2.23. The van der Waals surface area contributed by atoms with Gasteiger partial charge >= 0.3 is 0 Å². The monoisotopic (exact) mass is 306 g/mol. The van der Waals surface area contributed by atoms with E-state index in [0.717, 1.165) is 52.7 Å². The van der Waals surface area contributed by atoms with E-state index >= 15 is 0 Å². The number of aromatic nitrogens is 2. The molecule has 0 saturated carbocycles. The van der Waals surface area contributed by atoms with Crippen LogP contribution in [0.4, 0.5) is 0 Å². The van der Waals surface area contributed by atoms with Crippen molar-refractivity contribution in [2.75, 3.05) is 19.7 Å². The minimum absolute atomic E-state index is 0.671. The third kappa shape index (κ3) is 2.65. The molecule has 1 aromatic heterocycles. The Morgan fingerprint density at radius 2 is 1.91 bits per heavy atom. The number of aliphatic imine (C=N–C) groups is 1. The SMILES string of the molecule is CCOc1ccc(-c2nc3ccc(C4=NCCN4)cc3[nH]2)cc1. The maximum absolute atomic E-state index is 5.48. The van der Waals surface area contributed by atoms with Crippen LogP contribution in [-0.2, 0) is 0 Å². The van der Waals surface area contributed by atoms with Crippen LogP contribution in [0.1, 0.15) is 12.5 Å². The van der Waals surface area contributed by atoms with E-state index in [1.807, 2.05) is 37.3 Å². The van der Waals surface area contributed by atoms with Gasteiger partial charge in [-0.05, 0) is 49.4 Å². The summed E-state index contributed by atoms with van der Waals surface area (Å²) in [5.74, 6) is 2.70. The Morgan fingerprint density at radius 1 is 1.09 bits per heavy atom. The first-order valence-electron chi connectivity index (χ1n) is 7.85. The zero-order valence-electron chi connectivity index (χ0n) is 13.0. The molecule has 0 spiro atoms. The van der Waals surface area contributed by atoms with Gasteiger partial charge in [-0.25, -0.2) is 4.98 Å². The Morgan fingerprint density at radius 3 is 2.65 bits per heavy atom. The lowest BCUT2D eigenvalue weighted by Crippen LogP contribution is -2.19. The van der Waals surface area contributed by atoms with Crippen molar-refractivity contribution >= 4 is 16.9 Å². The van der Waals surface area contributed by atoms with Gasteiger partial charge in [0.25, 0.3) is 0 Å². The number of benzene rings is 2. The van der Waals surface area contributed by atoms with Gasteiger partial charge in [0, 0.05) is 17.7 Å². The molecular weight excluding hydrogens is 288 g/mol. The van der Waals surface area contributed by atoms with Crippen LogP contribution in [0.15, 0.2) is 47.5 Å². The number of hydrogen-bond donors (Lipinski definition) is 2. The van der Waals surface area contributed by atoms with Crippen molar-refractivity contribution in [3.05, 3.63) is 48.0 Å². The third-order valence-electron chi connectivity index (χ3n) is 3.87. The molecule has 0 aliphatic carbocycles. The minimum atomic E-state index is 0.671. The summed E-state index contributed by atoms with van der Waals surface area (Å²) in [7, 11) is 0. The molecule has 4 rings (SSSR count). The molecule has 2 aromatic carbocycles. The molecule has 0 saturated heterocycles. The van der Waals surface area contributed by atoms with Crippen molar-refractivity contribution in [1.29, 1.82) is 0 Å². The lowest BCUT2D eigenvalue weighted by atomic mass is 10.2. The molecule has 5 heteroatoms. The molecule has 0 amide bonds. The summed E-state index contributed by atoms with van der Waals surface area (Å²) in [6, 6.07) is 14.2. The number of nitrogens with one attached hydrogen (secondary N) is 2. The predicted octanol–water partition coefficient (Wildman–Crippen LogP) is 2.98. The molecule has 23 heavy (non-hydrogen) atoms. The van der Waals surface area contributed by atoms with E-state index in [4.69, 9.17) is 4.74 Å². The van der Waals surface area contributed by atoms with Gasteiger partial charge in [-0.1, -0.05) is 0 Å². The topological polar surface area (TPSA) is 62.3 Å². The van der Waals surface area contributed by atoms with Gasteiger partial charge in [0.1, 0.15) is 17.4 Å². The Balaban J connectivity index is 1.68. The number of imidazole rings is 1. The van der Waals surface area contributed by atoms with Gasteiger partial charge < -0.3 is 15.0 Å². The molecule has 2 N–H and O–H groups in total. The van der Waals surface area contributed by atoms with E-state index in [-0.39, 0.29) is 0 Å². The summed E-state index contributed by atoms with van der Waals surface area (Å²) >= 11 is 0. The highest BCUT2D eigenvalue weighted by Gasteiger charge is 2.11. The first-order valence-corrected chi connectivity index (χ1v) is 7.85. The van der Waals surface area contributed by atoms with Crippen molar-refractivity contribution in [1.82, 2.24) is 15.3 Å². The highest BCUT2D eigenvalue weighted by atomic mass is 16.5. The normalized spacial score (nSPS) is 13.9. The second kappa shape index (κ2) is 5.76. The molecular formula is C18H18N4O. The van der Waals surface area contributed by atoms with Crippen LogP contribution < -0.4 is 10.1 Å². The molecule has 5 nitrogen and oxygen atoms in total. The molecule has 0 bridgehead atoms. The average Bonchev–Trinajstić information content (AvgIpc) is 3.24. The Hall–Kier alpha value is -2.82. The largest absolute Gasteiger partial charge is 0.494 e. The minimum Gasteiger partial charge on any atom is -0.494 e. The van der Waals surface area contributed by atoms with Crippen LogP contribution in [0.2, 0.25) is 0 Å². The fourth-order valence-electron chi connectivity index (χ4n) is 2.76. The number of ether oxygens (including phenoxy) is 1. The summed E-state index contributed by atoms with van der Waals surface area (Å²) in [6.45, 7) is 4.40. The second-order valence-corrected chi connectivity index (χ2v) is 5.43. The Labute approximate surface area is 134 Å². The van der Waals surface area contributed by atoms with Gasteiger partial charge in [0.15, 0.2) is 0 Å². The Kier molecular flexibility index (Phi) is 3.46. The molecule has 0 radical (unpaired) electrons. The smallest absolute Gasteiger partial charge is 0.138 e. The van der Waals surface area contributed by atoms with Crippen LogP contribution in [0.3, 0.4) is 0 Å². The second-order valence-electron chi connectivity index (χ2n) is 5.43. The number of rotatable bonds is 4. The Bertz CT molecular complexity index is 864. The van der Waals surface area contributed by atoms with Crippen molar-refractivity contribution in [2.45, 2.75) is 6.92 Å². The van der Waals surface area contributed by atoms with Gasteiger partial charge in [0.05, 0.1) is 24.2 Å². The predicted molar refractivity (Wildman–Crippen MR) is 92.1 cm³/mol.